The van der Waals surface area contributed by atoms with Gasteiger partial charge in [0.05, 0.1) is 10.9 Å². The average Bonchev–Trinajstić information content (AvgIpc) is 2.46. The number of amides is 1. The molecule has 0 heterocycles. The van der Waals surface area contributed by atoms with Gasteiger partial charge in [-0.3, -0.25) is 4.79 Å². The van der Waals surface area contributed by atoms with E-state index in [4.69, 9.17) is 18.0 Å². The number of hydrogen-bond acceptors (Lipinski definition) is 2. The third kappa shape index (κ3) is 4.08. The van der Waals surface area contributed by atoms with Crippen molar-refractivity contribution >= 4 is 23.1 Å². The second-order valence-corrected chi connectivity index (χ2v) is 5.03. The van der Waals surface area contributed by atoms with Crippen LogP contribution in [0.1, 0.15) is 51.9 Å². The number of carbonyl (C=O) groups is 1. The summed E-state index contributed by atoms with van der Waals surface area (Å²) in [6, 6.07) is 0.332. The van der Waals surface area contributed by atoms with Crippen molar-refractivity contribution in [2.24, 2.45) is 11.7 Å². The van der Waals surface area contributed by atoms with Crippen molar-refractivity contribution in [3.8, 4) is 0 Å². The van der Waals surface area contributed by atoms with Gasteiger partial charge in [-0.05, 0) is 19.3 Å². The lowest BCUT2D eigenvalue weighted by Crippen LogP contribution is -2.42. The highest BCUT2D eigenvalue weighted by Crippen LogP contribution is 2.17. The van der Waals surface area contributed by atoms with Crippen LogP contribution in [0.15, 0.2) is 0 Å². The largest absolute Gasteiger partial charge is 0.393 e. The van der Waals surface area contributed by atoms with E-state index in [2.05, 4.69) is 5.32 Å². The third-order valence-corrected chi connectivity index (χ3v) is 3.55. The van der Waals surface area contributed by atoms with E-state index in [1.54, 1.807) is 0 Å². The molecule has 1 unspecified atom stereocenters. The van der Waals surface area contributed by atoms with Crippen LogP contribution < -0.4 is 11.1 Å². The Bertz CT molecular complexity index is 247. The SMILES string of the molecule is CCC(C(=O)NC1CCCCCC1)C(N)=S. The number of nitrogens with two attached hydrogens (primary N) is 1. The number of carbonyl (C=O) groups excluding carboxylic acids is 1. The minimum atomic E-state index is -0.293. The zero-order valence-electron chi connectivity index (χ0n) is 10.00. The second-order valence-electron chi connectivity index (χ2n) is 4.56. The van der Waals surface area contributed by atoms with Gasteiger partial charge in [-0.15, -0.1) is 0 Å². The highest BCUT2D eigenvalue weighted by Gasteiger charge is 2.22. The van der Waals surface area contributed by atoms with Gasteiger partial charge in [0.1, 0.15) is 0 Å². The van der Waals surface area contributed by atoms with E-state index in [9.17, 15) is 4.79 Å². The smallest absolute Gasteiger partial charge is 0.230 e. The van der Waals surface area contributed by atoms with Crippen molar-refractivity contribution in [1.82, 2.24) is 5.32 Å². The fraction of sp³-hybridized carbons (Fsp3) is 0.833. The number of hydrogen-bond donors (Lipinski definition) is 2. The molecule has 16 heavy (non-hydrogen) atoms. The Morgan fingerprint density at radius 3 is 2.38 bits per heavy atom. The lowest BCUT2D eigenvalue weighted by atomic mass is 10.0. The first kappa shape index (κ1) is 13.4. The second kappa shape index (κ2) is 6.84. The van der Waals surface area contributed by atoms with Crippen LogP contribution in [0.25, 0.3) is 0 Å². The quantitative estimate of drug-likeness (QED) is 0.586. The number of thiocarbonyl (C=S) groups is 1. The van der Waals surface area contributed by atoms with Crippen molar-refractivity contribution in [2.45, 2.75) is 57.9 Å². The van der Waals surface area contributed by atoms with E-state index < -0.39 is 0 Å². The van der Waals surface area contributed by atoms with Gasteiger partial charge in [0.2, 0.25) is 5.91 Å². The minimum Gasteiger partial charge on any atom is -0.393 e. The highest BCUT2D eigenvalue weighted by molar-refractivity contribution is 7.80. The molecule has 1 atom stereocenters. The molecule has 1 fully saturated rings. The molecule has 1 aliphatic rings. The summed E-state index contributed by atoms with van der Waals surface area (Å²) in [5, 5.41) is 3.08. The van der Waals surface area contributed by atoms with Crippen molar-refractivity contribution in [1.29, 1.82) is 0 Å². The van der Waals surface area contributed by atoms with Gasteiger partial charge in [-0.25, -0.2) is 0 Å². The molecule has 0 radical (unpaired) electrons. The van der Waals surface area contributed by atoms with Crippen LogP contribution in [0.3, 0.4) is 0 Å². The van der Waals surface area contributed by atoms with Crippen molar-refractivity contribution in [2.75, 3.05) is 0 Å². The molecule has 3 N–H and O–H groups in total. The number of rotatable bonds is 4. The summed E-state index contributed by atoms with van der Waals surface area (Å²) in [5.41, 5.74) is 5.55. The standard InChI is InChI=1S/C12H22N2OS/c1-2-10(11(13)16)12(15)14-9-7-5-3-4-6-8-9/h9-10H,2-8H2,1H3,(H2,13,16)(H,14,15). The summed E-state index contributed by atoms with van der Waals surface area (Å²) in [6.07, 6.45) is 7.90. The van der Waals surface area contributed by atoms with Gasteiger partial charge in [-0.1, -0.05) is 44.8 Å². The Kier molecular flexibility index (Phi) is 5.74. The molecule has 4 heteroatoms. The fourth-order valence-electron chi connectivity index (χ4n) is 2.24. The molecule has 92 valence electrons. The summed E-state index contributed by atoms with van der Waals surface area (Å²) < 4.78 is 0. The predicted octanol–water partition coefficient (Wildman–Crippen LogP) is 2.14. The molecule has 0 saturated heterocycles. The Labute approximate surface area is 103 Å². The van der Waals surface area contributed by atoms with E-state index in [1.807, 2.05) is 6.92 Å². The summed E-state index contributed by atoms with van der Waals surface area (Å²) in [4.78, 5) is 12.2. The molecule has 3 nitrogen and oxygen atoms in total. The van der Waals surface area contributed by atoms with Gasteiger partial charge < -0.3 is 11.1 Å². The van der Waals surface area contributed by atoms with Crippen LogP contribution in [0, 0.1) is 5.92 Å². The Balaban J connectivity index is 2.45. The molecule has 1 aliphatic carbocycles. The summed E-state index contributed by atoms with van der Waals surface area (Å²) in [7, 11) is 0. The maximum atomic E-state index is 11.9. The first-order valence-electron chi connectivity index (χ1n) is 6.24. The van der Waals surface area contributed by atoms with Gasteiger partial charge in [0.15, 0.2) is 0 Å². The van der Waals surface area contributed by atoms with Gasteiger partial charge in [0, 0.05) is 6.04 Å². The molecule has 1 saturated carbocycles. The summed E-state index contributed by atoms with van der Waals surface area (Å²) in [6.45, 7) is 1.94. The van der Waals surface area contributed by atoms with Crippen LogP contribution >= 0.6 is 12.2 Å². The maximum absolute atomic E-state index is 11.9. The minimum absolute atomic E-state index is 0.0156. The Hall–Kier alpha value is -0.640. The molecule has 1 amide bonds. The monoisotopic (exact) mass is 242 g/mol. The third-order valence-electron chi connectivity index (χ3n) is 3.27. The predicted molar refractivity (Wildman–Crippen MR) is 70.2 cm³/mol. The van der Waals surface area contributed by atoms with Crippen LogP contribution in [-0.2, 0) is 4.79 Å². The van der Waals surface area contributed by atoms with Crippen molar-refractivity contribution in [3.05, 3.63) is 0 Å². The zero-order valence-corrected chi connectivity index (χ0v) is 10.8. The zero-order chi connectivity index (χ0) is 12.0. The van der Waals surface area contributed by atoms with Gasteiger partial charge >= 0.3 is 0 Å². The van der Waals surface area contributed by atoms with Crippen molar-refractivity contribution < 1.29 is 4.79 Å². The average molecular weight is 242 g/mol. The first-order valence-corrected chi connectivity index (χ1v) is 6.65. The van der Waals surface area contributed by atoms with Crippen LogP contribution in [-0.4, -0.2) is 16.9 Å². The van der Waals surface area contributed by atoms with Gasteiger partial charge in [0.25, 0.3) is 0 Å². The molecule has 0 aromatic carbocycles. The maximum Gasteiger partial charge on any atom is 0.230 e. The lowest BCUT2D eigenvalue weighted by Gasteiger charge is -2.20. The molecule has 0 bridgehead atoms. The summed E-state index contributed by atoms with van der Waals surface area (Å²) in [5.74, 6) is -0.278. The highest BCUT2D eigenvalue weighted by atomic mass is 32.1. The van der Waals surface area contributed by atoms with E-state index in [0.29, 0.717) is 17.5 Å². The Morgan fingerprint density at radius 2 is 1.94 bits per heavy atom. The molecular formula is C12H22N2OS. The van der Waals surface area contributed by atoms with E-state index >= 15 is 0 Å². The molecule has 0 aromatic heterocycles. The van der Waals surface area contributed by atoms with Crippen molar-refractivity contribution in [3.63, 3.8) is 0 Å². The van der Waals surface area contributed by atoms with E-state index in [-0.39, 0.29) is 11.8 Å². The molecule has 0 aliphatic heterocycles. The van der Waals surface area contributed by atoms with Crippen LogP contribution in [0.2, 0.25) is 0 Å². The molecular weight excluding hydrogens is 220 g/mol. The topological polar surface area (TPSA) is 55.1 Å². The van der Waals surface area contributed by atoms with Crippen LogP contribution in [0.4, 0.5) is 0 Å². The van der Waals surface area contributed by atoms with E-state index in [1.165, 1.54) is 25.7 Å². The first-order chi connectivity index (χ1) is 7.65. The Morgan fingerprint density at radius 1 is 1.38 bits per heavy atom. The van der Waals surface area contributed by atoms with E-state index in [0.717, 1.165) is 12.8 Å². The summed E-state index contributed by atoms with van der Waals surface area (Å²) >= 11 is 4.90. The molecule has 0 aromatic rings. The number of nitrogens with one attached hydrogen (secondary N) is 1. The van der Waals surface area contributed by atoms with Crippen LogP contribution in [0.5, 0.6) is 0 Å². The van der Waals surface area contributed by atoms with Gasteiger partial charge in [-0.2, -0.15) is 0 Å². The lowest BCUT2D eigenvalue weighted by molar-refractivity contribution is -0.123. The molecule has 0 spiro atoms. The molecule has 1 rings (SSSR count). The fourth-order valence-corrected chi connectivity index (χ4v) is 2.51. The normalized spacial score (nSPS) is 19.8.